The highest BCUT2D eigenvalue weighted by Gasteiger charge is 2.27. The van der Waals surface area contributed by atoms with Crippen molar-refractivity contribution in [3.63, 3.8) is 0 Å². The first kappa shape index (κ1) is 60.4. The Morgan fingerprint density at radius 1 is 0.667 bits per heavy atom. The van der Waals surface area contributed by atoms with E-state index < -0.39 is 122 Å². The number of phenols is 1. The summed E-state index contributed by atoms with van der Waals surface area (Å²) in [7, 11) is -19.1. The van der Waals surface area contributed by atoms with Crippen molar-refractivity contribution >= 4 is 126 Å². The van der Waals surface area contributed by atoms with Crippen molar-refractivity contribution in [2.24, 2.45) is 30.7 Å². The molecular weight excluding hydrogens is 1200 g/mol. The average Bonchev–Trinajstić information content (AvgIpc) is 3.59. The molecule has 81 heavy (non-hydrogen) atoms. The average molecular weight is 1240 g/mol. The Kier molecular flexibility index (Phi) is 19.0. The number of azo groups is 2. The molecule has 0 heterocycles. The minimum atomic E-state index is -5.26. The summed E-state index contributed by atoms with van der Waals surface area (Å²) in [6.45, 7) is -0.559. The number of aromatic hydroxyl groups is 1. The topological polar surface area (TPSA) is 497 Å². The number of sulfonamides is 1. The first-order chi connectivity index (χ1) is 38.3. The number of nitrogens with one attached hydrogen (secondary N) is 3. The number of nitrogen functional groups attached to an aromatic ring is 1. The molecule has 0 fully saturated rings. The fraction of sp³-hybridized carbons (Fsp3) is 0.0476. The molecule has 33 nitrogen and oxygen atoms in total. The van der Waals surface area contributed by atoms with Gasteiger partial charge in [-0.3, -0.25) is 48.6 Å². The number of hydrogen-bond acceptors (Lipinski definition) is 31. The maximum atomic E-state index is 13.3. The lowest BCUT2D eigenvalue weighted by atomic mass is 10.1. The monoisotopic (exact) mass is 1240 g/mol. The SMILES string of the molecule is Nc1c(N=Nc2ccc(S(=O)(=O)CCOSOOO)cc2S(=O)(=O)O)c(SOOO)cc2cc(S(=O)(=O)O)c(N=Nc3ccc(NS(=O)(=O)c4ccc(NN=c5c(=O)ccc(=NNc6ccc([N+](=O)[O-])cc6)c5=O)cc4)cc3)c(O)c12. The largest absolute Gasteiger partial charge is 0.505 e. The number of nitro benzene ring substituents is 1. The van der Waals surface area contributed by atoms with Crippen LogP contribution in [0, 0.1) is 10.1 Å². The van der Waals surface area contributed by atoms with Gasteiger partial charge < -0.3 is 10.8 Å². The van der Waals surface area contributed by atoms with E-state index >= 15 is 0 Å². The van der Waals surface area contributed by atoms with E-state index in [1.165, 1.54) is 72.8 Å². The Morgan fingerprint density at radius 2 is 1.27 bits per heavy atom. The van der Waals surface area contributed by atoms with Crippen molar-refractivity contribution in [1.29, 1.82) is 0 Å². The molecule has 0 aliphatic carbocycles. The molecule has 0 spiro atoms. The second-order valence-electron chi connectivity index (χ2n) is 15.6. The Bertz CT molecular complexity index is 4350. The van der Waals surface area contributed by atoms with Crippen LogP contribution in [0.15, 0.2) is 180 Å². The lowest BCUT2D eigenvalue weighted by molar-refractivity contribution is -0.434. The molecule has 0 radical (unpaired) electrons. The van der Waals surface area contributed by atoms with Gasteiger partial charge in [-0.05, 0) is 109 Å². The highest BCUT2D eigenvalue weighted by Crippen LogP contribution is 2.49. The van der Waals surface area contributed by atoms with Gasteiger partial charge in [0, 0.05) is 17.8 Å². The molecular formula is C42H33N11O22S6. The molecule has 0 aromatic heterocycles. The number of phenolic OH excluding ortho intramolecular Hbond substituents is 1. The minimum absolute atomic E-state index is 0.0242. The van der Waals surface area contributed by atoms with Crippen molar-refractivity contribution in [2.45, 2.75) is 24.5 Å². The van der Waals surface area contributed by atoms with Crippen LogP contribution in [0.2, 0.25) is 0 Å². The fourth-order valence-corrected chi connectivity index (χ4v) is 11.1. The van der Waals surface area contributed by atoms with E-state index in [1.54, 1.807) is 0 Å². The lowest BCUT2D eigenvalue weighted by Gasteiger charge is -2.14. The zero-order valence-corrected chi connectivity index (χ0v) is 44.6. The number of sulfone groups is 1. The number of nitro groups is 1. The van der Waals surface area contributed by atoms with Gasteiger partial charge in [0.1, 0.15) is 32.2 Å². The molecule has 0 saturated heterocycles. The van der Waals surface area contributed by atoms with Gasteiger partial charge in [-0.2, -0.15) is 32.2 Å². The van der Waals surface area contributed by atoms with Gasteiger partial charge in [-0.1, -0.05) is 10.1 Å². The van der Waals surface area contributed by atoms with Crippen molar-refractivity contribution in [3.8, 4) is 5.75 Å². The summed E-state index contributed by atoms with van der Waals surface area (Å²) in [6.07, 6.45) is 0. The normalized spacial score (nSPS) is 12.9. The van der Waals surface area contributed by atoms with Gasteiger partial charge in [0.2, 0.25) is 10.9 Å². The standard InChI is InChI=1S/C42H33N11O22S6/c43-37-36-22(19-33(76-74-72-59)39(37)50-47-30-14-13-29(21-34(30)80(65,66)67)78(61,62)18-17-71-77-75-73-60)20-35(81(68,69)70)40(42(36)56)51-46-23-1-3-26(4-2-23)52-79(63,64)28-11-7-25(8-12-28)45-49-38-32(54)16-15-31(41(38)55)48-44-24-5-9-27(10-6-24)53(57)58/h1-16,19-21,44-45,52,56,59-60H,17-18,43H2,(H,65,66,67)(H,68,69,70). The third-order valence-corrected chi connectivity index (χ3v) is 16.2. The number of benzene rings is 7. The van der Waals surface area contributed by atoms with Crippen LogP contribution in [0.3, 0.4) is 0 Å². The van der Waals surface area contributed by atoms with E-state index in [-0.39, 0.29) is 67.7 Å². The van der Waals surface area contributed by atoms with E-state index in [1.807, 2.05) is 0 Å². The van der Waals surface area contributed by atoms with E-state index in [4.69, 9.17) is 20.4 Å². The smallest absolute Gasteiger partial charge is 0.296 e. The maximum Gasteiger partial charge on any atom is 0.296 e. The number of rotatable bonds is 24. The number of nitrogens with two attached hydrogens (primary N) is 1. The molecule has 0 unspecified atom stereocenters. The molecule has 0 aliphatic rings. The van der Waals surface area contributed by atoms with Crippen molar-refractivity contribution in [3.05, 3.63) is 157 Å². The summed E-state index contributed by atoms with van der Waals surface area (Å²) in [5.74, 6) is -1.82. The van der Waals surface area contributed by atoms with E-state index in [0.29, 0.717) is 11.8 Å². The molecule has 0 aliphatic heterocycles. The molecule has 424 valence electrons. The predicted octanol–water partition coefficient (Wildman–Crippen LogP) is 5.82. The molecule has 7 aromatic carbocycles. The maximum absolute atomic E-state index is 13.3. The molecule has 0 saturated carbocycles. The van der Waals surface area contributed by atoms with Gasteiger partial charge in [-0.15, -0.1) is 24.0 Å². The molecule has 39 heteroatoms. The van der Waals surface area contributed by atoms with Crippen LogP contribution < -0.4 is 42.9 Å². The lowest BCUT2D eigenvalue weighted by Crippen LogP contribution is -2.47. The quantitative estimate of drug-likeness (QED) is 0.00503. The zero-order chi connectivity index (χ0) is 58.9. The summed E-state index contributed by atoms with van der Waals surface area (Å²) in [5.41, 5.74) is 7.32. The summed E-state index contributed by atoms with van der Waals surface area (Å²) in [4.78, 5) is 32.5. The summed E-state index contributed by atoms with van der Waals surface area (Å²) in [5, 5.41) is 68.2. The van der Waals surface area contributed by atoms with Gasteiger partial charge in [-0.25, -0.2) is 27.4 Å². The first-order valence-electron chi connectivity index (χ1n) is 21.4. The Morgan fingerprint density at radius 3 is 1.90 bits per heavy atom. The van der Waals surface area contributed by atoms with E-state index in [9.17, 15) is 67.6 Å². The number of fused-ring (bicyclic) bond motifs is 1. The van der Waals surface area contributed by atoms with Gasteiger partial charge in [0.15, 0.2) is 33.3 Å². The van der Waals surface area contributed by atoms with Crippen LogP contribution >= 0.6 is 24.4 Å². The molecule has 10 N–H and O–H groups in total. The van der Waals surface area contributed by atoms with Gasteiger partial charge >= 0.3 is 0 Å². The van der Waals surface area contributed by atoms with E-state index in [0.717, 1.165) is 36.4 Å². The zero-order valence-electron chi connectivity index (χ0n) is 39.7. The fourth-order valence-electron chi connectivity index (χ4n) is 6.70. The second-order valence-corrected chi connectivity index (χ2v) is 23.4. The number of non-ortho nitro benzene ring substituents is 1. The molecule has 7 rings (SSSR count). The Hall–Kier alpha value is -8.26. The van der Waals surface area contributed by atoms with Crippen LogP contribution in [0.4, 0.5) is 51.2 Å². The number of nitrogens with zero attached hydrogens (tertiary/aromatic N) is 7. The number of hydrogen-bond donors (Lipinski definition) is 9. The molecule has 0 amide bonds. The Balaban J connectivity index is 1.11. The van der Waals surface area contributed by atoms with Crippen LogP contribution in [-0.2, 0) is 63.0 Å². The highest BCUT2D eigenvalue weighted by molar-refractivity contribution is 7.94. The van der Waals surface area contributed by atoms with Crippen molar-refractivity contribution in [1.82, 2.24) is 0 Å². The Labute approximate surface area is 461 Å². The minimum Gasteiger partial charge on any atom is -0.505 e. The van der Waals surface area contributed by atoms with Crippen LogP contribution in [0.25, 0.3) is 10.8 Å². The number of anilines is 4. The third kappa shape index (κ3) is 15.0. The summed E-state index contributed by atoms with van der Waals surface area (Å²) in [6, 6.07) is 21.2. The van der Waals surface area contributed by atoms with Crippen LogP contribution in [0.5, 0.6) is 5.75 Å². The van der Waals surface area contributed by atoms with E-state index in [2.05, 4.69) is 65.0 Å². The highest BCUT2D eigenvalue weighted by atomic mass is 32.2. The summed E-state index contributed by atoms with van der Waals surface area (Å²) < 4.78 is 138. The van der Waals surface area contributed by atoms with Crippen molar-refractivity contribution < 1.29 is 86.2 Å². The molecule has 0 atom stereocenters. The molecule has 7 aromatic rings. The van der Waals surface area contributed by atoms with Crippen LogP contribution in [0.1, 0.15) is 0 Å². The van der Waals surface area contributed by atoms with Crippen LogP contribution in [-0.4, -0.2) is 75.7 Å². The molecule has 0 bridgehead atoms. The first-order valence-corrected chi connectivity index (χ1v) is 28.8. The van der Waals surface area contributed by atoms with Gasteiger partial charge in [0.25, 0.3) is 35.9 Å². The second kappa shape index (κ2) is 25.5. The van der Waals surface area contributed by atoms with Gasteiger partial charge in [0.05, 0.1) is 72.1 Å². The predicted molar refractivity (Wildman–Crippen MR) is 282 cm³/mol. The van der Waals surface area contributed by atoms with Crippen molar-refractivity contribution in [2.75, 3.05) is 33.7 Å². The third-order valence-electron chi connectivity index (χ3n) is 10.4. The summed E-state index contributed by atoms with van der Waals surface area (Å²) >= 11 is 0.238.